The Labute approximate surface area is 130 Å². The van der Waals surface area contributed by atoms with Crippen LogP contribution in [0.4, 0.5) is 0 Å². The molecule has 1 aliphatic carbocycles. The highest BCUT2D eigenvalue weighted by molar-refractivity contribution is 7.89. The van der Waals surface area contributed by atoms with Crippen LogP contribution in [0.25, 0.3) is 0 Å². The van der Waals surface area contributed by atoms with Gasteiger partial charge in [0.1, 0.15) is 0 Å². The number of benzene rings is 1. The zero-order valence-corrected chi connectivity index (χ0v) is 13.4. The van der Waals surface area contributed by atoms with Crippen LogP contribution in [0.2, 0.25) is 5.02 Å². The summed E-state index contributed by atoms with van der Waals surface area (Å²) >= 11 is 5.77. The maximum atomic E-state index is 12.0. The Hall–Kier alpha value is -1.11. The standard InChI is InChI=1S/C14H19ClN2O3S/c1-10(11-5-6-11)17-14(18)7-8-16-21(19,20)13-4-2-3-12(15)9-13/h2-4,9-11,16H,5-8H2,1H3,(H,17,18). The van der Waals surface area contributed by atoms with Crippen molar-refractivity contribution in [3.63, 3.8) is 0 Å². The van der Waals surface area contributed by atoms with Gasteiger partial charge in [0.25, 0.3) is 0 Å². The van der Waals surface area contributed by atoms with Crippen molar-refractivity contribution in [2.75, 3.05) is 6.54 Å². The average Bonchev–Trinajstić information content (AvgIpc) is 3.22. The lowest BCUT2D eigenvalue weighted by Crippen LogP contribution is -2.36. The normalized spacial score (nSPS) is 16.5. The van der Waals surface area contributed by atoms with Gasteiger partial charge in [0, 0.05) is 24.0 Å². The van der Waals surface area contributed by atoms with Gasteiger partial charge in [-0.05, 0) is 43.9 Å². The lowest BCUT2D eigenvalue weighted by Gasteiger charge is -2.13. The van der Waals surface area contributed by atoms with Crippen LogP contribution in [0.5, 0.6) is 0 Å². The molecule has 0 aliphatic heterocycles. The molecule has 1 aliphatic rings. The van der Waals surface area contributed by atoms with E-state index in [0.717, 1.165) is 12.8 Å². The van der Waals surface area contributed by atoms with Crippen molar-refractivity contribution in [3.05, 3.63) is 29.3 Å². The number of amides is 1. The average molecular weight is 331 g/mol. The van der Waals surface area contributed by atoms with Gasteiger partial charge in [-0.1, -0.05) is 17.7 Å². The van der Waals surface area contributed by atoms with Crippen LogP contribution in [0.1, 0.15) is 26.2 Å². The van der Waals surface area contributed by atoms with E-state index in [4.69, 9.17) is 11.6 Å². The van der Waals surface area contributed by atoms with E-state index in [-0.39, 0.29) is 29.8 Å². The molecule has 21 heavy (non-hydrogen) atoms. The summed E-state index contributed by atoms with van der Waals surface area (Å²) in [7, 11) is -3.63. The highest BCUT2D eigenvalue weighted by atomic mass is 35.5. The largest absolute Gasteiger partial charge is 0.353 e. The van der Waals surface area contributed by atoms with Crippen LogP contribution in [0.15, 0.2) is 29.2 Å². The summed E-state index contributed by atoms with van der Waals surface area (Å²) in [5, 5.41) is 3.24. The summed E-state index contributed by atoms with van der Waals surface area (Å²) in [6.07, 6.45) is 2.43. The lowest BCUT2D eigenvalue weighted by molar-refractivity contribution is -0.121. The third-order valence-corrected chi connectivity index (χ3v) is 5.16. The molecule has 0 aromatic heterocycles. The second kappa shape index (κ2) is 6.77. The van der Waals surface area contributed by atoms with Crippen molar-refractivity contribution in [3.8, 4) is 0 Å². The van der Waals surface area contributed by atoms with E-state index in [1.54, 1.807) is 12.1 Å². The minimum Gasteiger partial charge on any atom is -0.353 e. The van der Waals surface area contributed by atoms with E-state index in [2.05, 4.69) is 10.0 Å². The van der Waals surface area contributed by atoms with Gasteiger partial charge >= 0.3 is 0 Å². The van der Waals surface area contributed by atoms with Crippen LogP contribution in [-0.4, -0.2) is 26.9 Å². The Bertz CT molecular complexity index is 614. The van der Waals surface area contributed by atoms with Gasteiger partial charge < -0.3 is 5.32 Å². The second-order valence-electron chi connectivity index (χ2n) is 5.30. The van der Waals surface area contributed by atoms with Gasteiger partial charge in [0.15, 0.2) is 0 Å². The van der Waals surface area contributed by atoms with E-state index in [9.17, 15) is 13.2 Å². The molecule has 0 saturated heterocycles. The molecule has 0 radical (unpaired) electrons. The van der Waals surface area contributed by atoms with Gasteiger partial charge in [0.2, 0.25) is 15.9 Å². The first-order valence-corrected chi connectivity index (χ1v) is 8.79. The fraction of sp³-hybridized carbons (Fsp3) is 0.500. The molecular weight excluding hydrogens is 312 g/mol. The van der Waals surface area contributed by atoms with Gasteiger partial charge in [-0.15, -0.1) is 0 Å². The summed E-state index contributed by atoms with van der Waals surface area (Å²) in [6.45, 7) is 2.05. The Balaban J connectivity index is 1.80. The van der Waals surface area contributed by atoms with E-state index < -0.39 is 10.0 Å². The summed E-state index contributed by atoms with van der Waals surface area (Å²) in [6, 6.07) is 6.18. The molecule has 1 aromatic carbocycles. The fourth-order valence-electron chi connectivity index (χ4n) is 2.06. The minimum atomic E-state index is -3.63. The molecule has 5 nitrogen and oxygen atoms in total. The Kier molecular flexibility index (Phi) is 5.24. The maximum Gasteiger partial charge on any atom is 0.240 e. The van der Waals surface area contributed by atoms with Crippen LogP contribution in [0, 0.1) is 5.92 Å². The van der Waals surface area contributed by atoms with Gasteiger partial charge in [-0.3, -0.25) is 4.79 Å². The van der Waals surface area contributed by atoms with E-state index >= 15 is 0 Å². The van der Waals surface area contributed by atoms with E-state index in [1.165, 1.54) is 12.1 Å². The molecule has 2 N–H and O–H groups in total. The zero-order chi connectivity index (χ0) is 15.5. The smallest absolute Gasteiger partial charge is 0.240 e. The van der Waals surface area contributed by atoms with Crippen molar-refractivity contribution in [1.82, 2.24) is 10.0 Å². The molecule has 116 valence electrons. The molecule has 0 spiro atoms. The molecule has 1 fully saturated rings. The molecule has 7 heteroatoms. The van der Waals surface area contributed by atoms with Crippen LogP contribution < -0.4 is 10.0 Å². The highest BCUT2D eigenvalue weighted by Crippen LogP contribution is 2.32. The molecule has 1 unspecified atom stereocenters. The third-order valence-electron chi connectivity index (χ3n) is 3.47. The summed E-state index contributed by atoms with van der Waals surface area (Å²) in [4.78, 5) is 11.8. The number of nitrogens with one attached hydrogen (secondary N) is 2. The zero-order valence-electron chi connectivity index (χ0n) is 11.8. The van der Waals surface area contributed by atoms with E-state index in [0.29, 0.717) is 10.9 Å². The molecule has 0 bridgehead atoms. The van der Waals surface area contributed by atoms with Crippen molar-refractivity contribution in [2.24, 2.45) is 5.92 Å². The molecule has 1 saturated carbocycles. The number of rotatable bonds is 7. The SMILES string of the molecule is CC(NC(=O)CCNS(=O)(=O)c1cccc(Cl)c1)C1CC1. The first-order chi connectivity index (χ1) is 9.88. The molecule has 0 heterocycles. The lowest BCUT2D eigenvalue weighted by atomic mass is 10.2. The van der Waals surface area contributed by atoms with Crippen molar-refractivity contribution in [1.29, 1.82) is 0 Å². The summed E-state index contributed by atoms with van der Waals surface area (Å²) < 4.78 is 26.4. The van der Waals surface area contributed by atoms with Gasteiger partial charge in [-0.2, -0.15) is 0 Å². The number of sulfonamides is 1. The van der Waals surface area contributed by atoms with Crippen LogP contribution >= 0.6 is 11.6 Å². The van der Waals surface area contributed by atoms with Crippen molar-refractivity contribution < 1.29 is 13.2 Å². The monoisotopic (exact) mass is 330 g/mol. The quantitative estimate of drug-likeness (QED) is 0.802. The summed E-state index contributed by atoms with van der Waals surface area (Å²) in [5.41, 5.74) is 0. The van der Waals surface area contributed by atoms with Gasteiger partial charge in [-0.25, -0.2) is 13.1 Å². The van der Waals surface area contributed by atoms with Crippen LogP contribution in [-0.2, 0) is 14.8 Å². The Morgan fingerprint density at radius 3 is 2.76 bits per heavy atom. The minimum absolute atomic E-state index is 0.0675. The predicted octanol–water partition coefficient (Wildman–Crippen LogP) is 1.92. The molecular formula is C14H19ClN2O3S. The molecule has 1 amide bonds. The molecule has 1 atom stereocenters. The fourth-order valence-corrected chi connectivity index (χ4v) is 3.39. The number of carbonyl (C=O) groups is 1. The number of halogens is 1. The molecule has 1 aromatic rings. The number of carbonyl (C=O) groups excluding carboxylic acids is 1. The number of hydrogen-bond acceptors (Lipinski definition) is 3. The highest BCUT2D eigenvalue weighted by Gasteiger charge is 2.28. The maximum absolute atomic E-state index is 12.0. The third kappa shape index (κ3) is 4.98. The van der Waals surface area contributed by atoms with Crippen LogP contribution in [0.3, 0.4) is 0 Å². The van der Waals surface area contributed by atoms with Gasteiger partial charge in [0.05, 0.1) is 4.90 Å². The van der Waals surface area contributed by atoms with E-state index in [1.807, 2.05) is 6.92 Å². The van der Waals surface area contributed by atoms with Crippen molar-refractivity contribution in [2.45, 2.75) is 37.1 Å². The summed E-state index contributed by atoms with van der Waals surface area (Å²) in [5.74, 6) is 0.445. The second-order valence-corrected chi connectivity index (χ2v) is 7.50. The topological polar surface area (TPSA) is 75.3 Å². The predicted molar refractivity (Wildman–Crippen MR) is 81.6 cm³/mol. The first kappa shape index (κ1) is 16.3. The molecule has 2 rings (SSSR count). The first-order valence-electron chi connectivity index (χ1n) is 6.93. The Morgan fingerprint density at radius 1 is 1.43 bits per heavy atom. The Morgan fingerprint density at radius 2 is 2.14 bits per heavy atom. The van der Waals surface area contributed by atoms with Crippen molar-refractivity contribution >= 4 is 27.5 Å². The number of hydrogen-bond donors (Lipinski definition) is 2.